The lowest BCUT2D eigenvalue weighted by Crippen LogP contribution is -2.52. The first kappa shape index (κ1) is 16.4. The normalized spacial score (nSPS) is 28.7. The van der Waals surface area contributed by atoms with Crippen molar-refractivity contribution in [3.8, 4) is 0 Å². The van der Waals surface area contributed by atoms with Crippen molar-refractivity contribution in [1.82, 2.24) is 10.2 Å². The number of carbonyl (C=O) groups is 1. The summed E-state index contributed by atoms with van der Waals surface area (Å²) in [6, 6.07) is 5.13. The van der Waals surface area contributed by atoms with Gasteiger partial charge in [-0.25, -0.2) is 4.79 Å². The topological polar surface area (TPSA) is 54.7 Å². The van der Waals surface area contributed by atoms with Crippen LogP contribution in [-0.4, -0.2) is 34.7 Å². The third-order valence-corrected chi connectivity index (χ3v) is 4.79. The van der Waals surface area contributed by atoms with Crippen LogP contribution >= 0.6 is 0 Å². The molecule has 128 valence electrons. The Morgan fingerprint density at radius 2 is 2.00 bits per heavy atom. The minimum Gasteiger partial charge on any atom is -0.468 e. The van der Waals surface area contributed by atoms with Crippen LogP contribution in [-0.2, 0) is 4.74 Å². The molecule has 0 aliphatic carbocycles. The maximum atomic E-state index is 12.5. The number of amides is 1. The monoisotopic (exact) mass is 320 g/mol. The molecule has 2 aliphatic heterocycles. The number of hydrogen-bond donors (Lipinski definition) is 1. The molecular formula is C18H28N2O3. The Morgan fingerprint density at radius 1 is 1.35 bits per heavy atom. The molecule has 1 aromatic rings. The van der Waals surface area contributed by atoms with E-state index < -0.39 is 5.60 Å². The fourth-order valence-corrected chi connectivity index (χ4v) is 3.90. The highest BCUT2D eigenvalue weighted by atomic mass is 16.6. The van der Waals surface area contributed by atoms with Crippen LogP contribution < -0.4 is 5.32 Å². The molecule has 2 aliphatic rings. The molecule has 2 unspecified atom stereocenters. The van der Waals surface area contributed by atoms with Crippen molar-refractivity contribution in [3.05, 3.63) is 24.2 Å². The fourth-order valence-electron chi connectivity index (χ4n) is 3.90. The summed E-state index contributed by atoms with van der Waals surface area (Å²) in [7, 11) is 0. The zero-order valence-corrected chi connectivity index (χ0v) is 14.5. The summed E-state index contributed by atoms with van der Waals surface area (Å²) in [5.74, 6) is 0.965. The van der Waals surface area contributed by atoms with Gasteiger partial charge in [0.15, 0.2) is 0 Å². The molecule has 5 heteroatoms. The van der Waals surface area contributed by atoms with Crippen LogP contribution in [0.25, 0.3) is 0 Å². The number of fused-ring (bicyclic) bond motifs is 2. The van der Waals surface area contributed by atoms with Gasteiger partial charge in [-0.2, -0.15) is 0 Å². The second-order valence-electron chi connectivity index (χ2n) is 7.84. The summed E-state index contributed by atoms with van der Waals surface area (Å²) in [5, 5.41) is 3.66. The van der Waals surface area contributed by atoms with Crippen molar-refractivity contribution in [3.63, 3.8) is 0 Å². The fraction of sp³-hybridized carbons (Fsp3) is 0.722. The predicted molar refractivity (Wildman–Crippen MR) is 88.2 cm³/mol. The van der Waals surface area contributed by atoms with E-state index in [9.17, 15) is 4.79 Å². The summed E-state index contributed by atoms with van der Waals surface area (Å²) in [4.78, 5) is 14.4. The molecular weight excluding hydrogens is 292 g/mol. The second kappa shape index (κ2) is 6.19. The van der Waals surface area contributed by atoms with Gasteiger partial charge in [0.05, 0.1) is 12.3 Å². The Labute approximate surface area is 138 Å². The largest absolute Gasteiger partial charge is 0.468 e. The second-order valence-corrected chi connectivity index (χ2v) is 7.84. The van der Waals surface area contributed by atoms with Crippen molar-refractivity contribution in [2.45, 2.75) is 83.1 Å². The Balaban J connectivity index is 1.59. The lowest BCUT2D eigenvalue weighted by atomic mass is 9.97. The van der Waals surface area contributed by atoms with Gasteiger partial charge < -0.3 is 19.4 Å². The van der Waals surface area contributed by atoms with E-state index in [0.717, 1.165) is 31.4 Å². The van der Waals surface area contributed by atoms with Crippen LogP contribution in [0.5, 0.6) is 0 Å². The van der Waals surface area contributed by atoms with Crippen molar-refractivity contribution in [1.29, 1.82) is 0 Å². The van der Waals surface area contributed by atoms with Crippen LogP contribution in [0.15, 0.2) is 22.8 Å². The minimum absolute atomic E-state index is 0.150. The molecule has 5 nitrogen and oxygen atoms in total. The van der Waals surface area contributed by atoms with Gasteiger partial charge in [0, 0.05) is 18.1 Å². The minimum atomic E-state index is -0.431. The van der Waals surface area contributed by atoms with Crippen molar-refractivity contribution < 1.29 is 13.9 Å². The van der Waals surface area contributed by atoms with Crippen LogP contribution in [0.3, 0.4) is 0 Å². The third kappa shape index (κ3) is 3.71. The van der Waals surface area contributed by atoms with Crippen LogP contribution in [0, 0.1) is 0 Å². The average molecular weight is 320 g/mol. The van der Waals surface area contributed by atoms with E-state index in [1.165, 1.54) is 0 Å². The zero-order valence-electron chi connectivity index (χ0n) is 14.5. The quantitative estimate of drug-likeness (QED) is 0.919. The molecule has 2 bridgehead atoms. The summed E-state index contributed by atoms with van der Waals surface area (Å²) in [5.41, 5.74) is -0.431. The summed E-state index contributed by atoms with van der Waals surface area (Å²) < 4.78 is 11.1. The number of hydrogen-bond acceptors (Lipinski definition) is 4. The maximum Gasteiger partial charge on any atom is 0.410 e. The molecule has 1 aromatic heterocycles. The molecule has 0 spiro atoms. The number of nitrogens with one attached hydrogen (secondary N) is 1. The molecule has 23 heavy (non-hydrogen) atoms. The molecule has 3 heterocycles. The predicted octanol–water partition coefficient (Wildman–Crippen LogP) is 3.86. The lowest BCUT2D eigenvalue weighted by Gasteiger charge is -2.40. The van der Waals surface area contributed by atoms with Crippen molar-refractivity contribution >= 4 is 6.09 Å². The Hall–Kier alpha value is -1.49. The highest BCUT2D eigenvalue weighted by Gasteiger charge is 2.45. The summed E-state index contributed by atoms with van der Waals surface area (Å²) >= 11 is 0. The van der Waals surface area contributed by atoms with E-state index in [2.05, 4.69) is 12.2 Å². The molecule has 3 rings (SSSR count). The van der Waals surface area contributed by atoms with Gasteiger partial charge in [0.2, 0.25) is 0 Å². The number of piperidine rings is 1. The SMILES string of the molecule is C[C@@H](NC1CC2CCC(C1)N2C(=O)OC(C)(C)C)c1ccco1. The van der Waals surface area contributed by atoms with E-state index in [-0.39, 0.29) is 12.1 Å². The van der Waals surface area contributed by atoms with Gasteiger partial charge in [0.1, 0.15) is 11.4 Å². The smallest absolute Gasteiger partial charge is 0.410 e. The Bertz CT molecular complexity index is 521. The van der Waals surface area contributed by atoms with Crippen LogP contribution in [0.2, 0.25) is 0 Å². The molecule has 1 N–H and O–H groups in total. The Kier molecular flexibility index (Phi) is 4.41. The van der Waals surface area contributed by atoms with Crippen LogP contribution in [0.4, 0.5) is 4.79 Å². The molecule has 1 amide bonds. The number of nitrogens with zero attached hydrogens (tertiary/aromatic N) is 1. The first-order valence-corrected chi connectivity index (χ1v) is 8.64. The van der Waals surface area contributed by atoms with Gasteiger partial charge in [-0.05, 0) is 65.5 Å². The molecule has 0 aromatic carbocycles. The Morgan fingerprint density at radius 3 is 2.52 bits per heavy atom. The van der Waals surface area contributed by atoms with Gasteiger partial charge in [-0.1, -0.05) is 0 Å². The first-order chi connectivity index (χ1) is 10.8. The number of carbonyl (C=O) groups excluding carboxylic acids is 1. The van der Waals surface area contributed by atoms with Gasteiger partial charge in [-0.15, -0.1) is 0 Å². The highest BCUT2D eigenvalue weighted by molar-refractivity contribution is 5.69. The van der Waals surface area contributed by atoms with E-state index in [4.69, 9.17) is 9.15 Å². The van der Waals surface area contributed by atoms with Crippen molar-refractivity contribution in [2.24, 2.45) is 0 Å². The van der Waals surface area contributed by atoms with Gasteiger partial charge >= 0.3 is 6.09 Å². The third-order valence-electron chi connectivity index (χ3n) is 4.79. The van der Waals surface area contributed by atoms with Gasteiger partial charge in [-0.3, -0.25) is 0 Å². The molecule has 3 atom stereocenters. The van der Waals surface area contributed by atoms with E-state index in [1.54, 1.807) is 6.26 Å². The van der Waals surface area contributed by atoms with E-state index >= 15 is 0 Å². The lowest BCUT2D eigenvalue weighted by molar-refractivity contribution is 0.00424. The van der Waals surface area contributed by atoms with Crippen molar-refractivity contribution in [2.75, 3.05) is 0 Å². The number of rotatable bonds is 3. The van der Waals surface area contributed by atoms with E-state index in [0.29, 0.717) is 18.1 Å². The first-order valence-electron chi connectivity index (χ1n) is 8.64. The average Bonchev–Trinajstić information content (AvgIpc) is 3.04. The zero-order chi connectivity index (χ0) is 16.6. The summed E-state index contributed by atoms with van der Waals surface area (Å²) in [6.07, 6.45) is 5.70. The molecule has 0 radical (unpaired) electrons. The van der Waals surface area contributed by atoms with Gasteiger partial charge in [0.25, 0.3) is 0 Å². The highest BCUT2D eigenvalue weighted by Crippen LogP contribution is 2.37. The number of ether oxygens (including phenoxy) is 1. The standard InChI is InChI=1S/C18H28N2O3/c1-12(16-6-5-9-22-16)19-13-10-14-7-8-15(11-13)20(14)17(21)23-18(2,3)4/h5-6,9,12-15,19H,7-8,10-11H2,1-4H3/t12-,13?,14?,15?/m1/s1. The molecule has 2 saturated heterocycles. The summed E-state index contributed by atoms with van der Waals surface area (Å²) in [6.45, 7) is 7.89. The molecule has 0 saturated carbocycles. The maximum absolute atomic E-state index is 12.5. The van der Waals surface area contributed by atoms with E-state index in [1.807, 2.05) is 37.8 Å². The number of furan rings is 1. The van der Waals surface area contributed by atoms with Crippen LogP contribution in [0.1, 0.15) is 65.2 Å². The molecule has 2 fully saturated rings.